The minimum Gasteiger partial charge on any atom is -0.496 e. The molecule has 2 aromatic heterocycles. The Morgan fingerprint density at radius 1 is 1.06 bits per heavy atom. The fourth-order valence-electron chi connectivity index (χ4n) is 3.21. The molecule has 0 atom stereocenters. The molecule has 0 fully saturated rings. The molecule has 0 unspecified atom stereocenters. The first-order valence-corrected chi connectivity index (χ1v) is 10.1. The van der Waals surface area contributed by atoms with Gasteiger partial charge in [0.15, 0.2) is 17.4 Å². The van der Waals surface area contributed by atoms with Crippen molar-refractivity contribution in [3.63, 3.8) is 0 Å². The highest BCUT2D eigenvalue weighted by Gasteiger charge is 2.18. The number of methoxy groups -OCH3 is 1. The minimum absolute atomic E-state index is 0.0866. The molecule has 0 spiro atoms. The van der Waals surface area contributed by atoms with Crippen molar-refractivity contribution in [3.8, 4) is 23.0 Å². The van der Waals surface area contributed by atoms with E-state index in [0.717, 1.165) is 12.1 Å². The normalized spacial score (nSPS) is 10.7. The summed E-state index contributed by atoms with van der Waals surface area (Å²) in [5, 5.41) is 11.8. The van der Waals surface area contributed by atoms with Gasteiger partial charge in [-0.1, -0.05) is 0 Å². The Kier molecular flexibility index (Phi) is 6.79. The van der Waals surface area contributed by atoms with Crippen LogP contribution in [0.2, 0.25) is 0 Å². The number of carbonyl (C=O) groups excluding carboxylic acids is 1. The Balaban J connectivity index is 1.60. The lowest BCUT2D eigenvalue weighted by molar-refractivity contribution is 0.102. The number of hydrogen-bond acceptors (Lipinski definition) is 7. The summed E-state index contributed by atoms with van der Waals surface area (Å²) in [6.07, 6.45) is 4.18. The van der Waals surface area contributed by atoms with E-state index in [1.54, 1.807) is 18.2 Å². The molecule has 2 aromatic carbocycles. The van der Waals surface area contributed by atoms with Crippen molar-refractivity contribution in [2.75, 3.05) is 25.6 Å². The number of amides is 1. The lowest BCUT2D eigenvalue weighted by Crippen LogP contribution is -2.14. The molecule has 2 heterocycles. The van der Waals surface area contributed by atoms with E-state index in [4.69, 9.17) is 19.3 Å². The molecule has 0 aliphatic rings. The molecular weight excluding hydrogens is 448 g/mol. The summed E-state index contributed by atoms with van der Waals surface area (Å²) in [4.78, 5) is 20.6. The zero-order valence-electron chi connectivity index (χ0n) is 17.9. The molecule has 174 valence electrons. The maximum Gasteiger partial charge on any atom is 0.261 e. The standard InChI is InChI=1S/C24H19F2N3O5/c1-32-21-4-6-27-13-17(21)24(31)29-14-10-18(25)23(19(26)11-14)34-22-5-7-28-20-3-2-15(12-16(20)22)33-9-8-30/h2-7,10-13,30H,8-9H2,1H3,(H,29,31). The highest BCUT2D eigenvalue weighted by atomic mass is 19.1. The Hall–Kier alpha value is -4.31. The van der Waals surface area contributed by atoms with Crippen molar-refractivity contribution in [1.82, 2.24) is 9.97 Å². The minimum atomic E-state index is -1.02. The monoisotopic (exact) mass is 467 g/mol. The third-order valence-electron chi connectivity index (χ3n) is 4.75. The summed E-state index contributed by atoms with van der Waals surface area (Å²) in [5.74, 6) is -2.49. The maximum absolute atomic E-state index is 14.8. The van der Waals surface area contributed by atoms with Crippen LogP contribution in [0.5, 0.6) is 23.0 Å². The van der Waals surface area contributed by atoms with E-state index in [-0.39, 0.29) is 36.0 Å². The molecular formula is C24H19F2N3O5. The molecule has 0 aliphatic carbocycles. The number of anilines is 1. The van der Waals surface area contributed by atoms with Crippen molar-refractivity contribution in [3.05, 3.63) is 78.3 Å². The van der Waals surface area contributed by atoms with E-state index in [0.29, 0.717) is 16.7 Å². The lowest BCUT2D eigenvalue weighted by atomic mass is 10.2. The van der Waals surface area contributed by atoms with Gasteiger partial charge >= 0.3 is 0 Å². The van der Waals surface area contributed by atoms with Crippen molar-refractivity contribution in [1.29, 1.82) is 0 Å². The third kappa shape index (κ3) is 4.86. The van der Waals surface area contributed by atoms with E-state index < -0.39 is 23.3 Å². The van der Waals surface area contributed by atoms with Gasteiger partial charge in [0.1, 0.15) is 23.9 Å². The van der Waals surface area contributed by atoms with Crippen LogP contribution in [0.3, 0.4) is 0 Å². The molecule has 0 radical (unpaired) electrons. The van der Waals surface area contributed by atoms with E-state index in [2.05, 4.69) is 15.3 Å². The van der Waals surface area contributed by atoms with Crippen molar-refractivity contribution < 1.29 is 32.9 Å². The number of pyridine rings is 2. The predicted molar refractivity (Wildman–Crippen MR) is 119 cm³/mol. The van der Waals surface area contributed by atoms with Crippen LogP contribution in [0.4, 0.5) is 14.5 Å². The Bertz CT molecular complexity index is 1330. The number of aromatic nitrogens is 2. The average Bonchev–Trinajstić information content (AvgIpc) is 2.84. The number of nitrogens with zero attached hydrogens (tertiary/aromatic N) is 2. The summed E-state index contributed by atoms with van der Waals surface area (Å²) >= 11 is 0. The molecule has 4 aromatic rings. The van der Waals surface area contributed by atoms with Crippen molar-refractivity contribution >= 4 is 22.5 Å². The number of nitrogens with one attached hydrogen (secondary N) is 1. The molecule has 10 heteroatoms. The Labute approximate surface area is 192 Å². The zero-order valence-corrected chi connectivity index (χ0v) is 17.9. The van der Waals surface area contributed by atoms with Gasteiger partial charge < -0.3 is 24.6 Å². The maximum atomic E-state index is 14.8. The van der Waals surface area contributed by atoms with E-state index >= 15 is 0 Å². The zero-order chi connectivity index (χ0) is 24.1. The van der Waals surface area contributed by atoms with Gasteiger partial charge in [-0.2, -0.15) is 0 Å². The highest BCUT2D eigenvalue weighted by Crippen LogP contribution is 2.35. The van der Waals surface area contributed by atoms with Crippen LogP contribution in [-0.4, -0.2) is 41.3 Å². The number of rotatable bonds is 8. The van der Waals surface area contributed by atoms with Crippen molar-refractivity contribution in [2.24, 2.45) is 0 Å². The number of hydrogen-bond donors (Lipinski definition) is 2. The summed E-state index contributed by atoms with van der Waals surface area (Å²) in [6.45, 7) is -0.0787. The number of aliphatic hydroxyl groups excluding tert-OH is 1. The second kappa shape index (κ2) is 10.1. The first-order valence-electron chi connectivity index (χ1n) is 10.1. The molecule has 0 saturated heterocycles. The fraction of sp³-hybridized carbons (Fsp3) is 0.125. The summed E-state index contributed by atoms with van der Waals surface area (Å²) < 4.78 is 45.7. The Morgan fingerprint density at radius 3 is 2.56 bits per heavy atom. The van der Waals surface area contributed by atoms with Crippen LogP contribution in [0.25, 0.3) is 10.9 Å². The molecule has 0 aliphatic heterocycles. The van der Waals surface area contributed by atoms with E-state index in [9.17, 15) is 13.6 Å². The molecule has 2 N–H and O–H groups in total. The molecule has 4 rings (SSSR count). The van der Waals surface area contributed by atoms with Gasteiger partial charge in [-0.25, -0.2) is 8.78 Å². The molecule has 34 heavy (non-hydrogen) atoms. The lowest BCUT2D eigenvalue weighted by Gasteiger charge is -2.13. The van der Waals surface area contributed by atoms with Crippen LogP contribution in [0.1, 0.15) is 10.4 Å². The number of carbonyl (C=O) groups is 1. The van der Waals surface area contributed by atoms with Crippen molar-refractivity contribution in [2.45, 2.75) is 0 Å². The Morgan fingerprint density at radius 2 is 1.82 bits per heavy atom. The molecule has 0 bridgehead atoms. The average molecular weight is 467 g/mol. The topological polar surface area (TPSA) is 103 Å². The van der Waals surface area contributed by atoms with Crippen LogP contribution < -0.4 is 19.5 Å². The SMILES string of the molecule is COc1ccncc1C(=O)Nc1cc(F)c(Oc2ccnc3ccc(OCCO)cc23)c(F)c1. The van der Waals surface area contributed by atoms with Gasteiger partial charge in [-0.15, -0.1) is 0 Å². The number of halogens is 2. The third-order valence-corrected chi connectivity index (χ3v) is 4.75. The second-order valence-electron chi connectivity index (χ2n) is 6.96. The van der Waals surface area contributed by atoms with Gasteiger partial charge in [0, 0.05) is 41.8 Å². The number of aliphatic hydroxyl groups is 1. The first kappa shape index (κ1) is 22.9. The molecule has 1 amide bonds. The fourth-order valence-corrected chi connectivity index (χ4v) is 3.21. The first-order chi connectivity index (χ1) is 16.5. The summed E-state index contributed by atoms with van der Waals surface area (Å²) in [6, 6.07) is 9.75. The van der Waals surface area contributed by atoms with Gasteiger partial charge in [-0.05, 0) is 30.3 Å². The quantitative estimate of drug-likeness (QED) is 0.398. The van der Waals surface area contributed by atoms with Gasteiger partial charge in [0.25, 0.3) is 5.91 Å². The van der Waals surface area contributed by atoms with Crippen LogP contribution in [-0.2, 0) is 0 Å². The van der Waals surface area contributed by atoms with Crippen LogP contribution in [0.15, 0.2) is 61.1 Å². The summed E-state index contributed by atoms with van der Waals surface area (Å²) in [7, 11) is 1.39. The van der Waals surface area contributed by atoms with Crippen LogP contribution in [0, 0.1) is 11.6 Å². The molecule has 0 saturated carbocycles. The predicted octanol–water partition coefficient (Wildman–Crippen LogP) is 4.33. The van der Waals surface area contributed by atoms with Crippen LogP contribution >= 0.6 is 0 Å². The van der Waals surface area contributed by atoms with Gasteiger partial charge in [-0.3, -0.25) is 14.8 Å². The summed E-state index contributed by atoms with van der Waals surface area (Å²) in [5.41, 5.74) is 0.509. The van der Waals surface area contributed by atoms with E-state index in [1.807, 2.05) is 0 Å². The smallest absolute Gasteiger partial charge is 0.261 e. The number of fused-ring (bicyclic) bond motifs is 1. The largest absolute Gasteiger partial charge is 0.496 e. The van der Waals surface area contributed by atoms with Gasteiger partial charge in [0.2, 0.25) is 0 Å². The molecule has 8 nitrogen and oxygen atoms in total. The number of ether oxygens (including phenoxy) is 3. The number of benzene rings is 2. The second-order valence-corrected chi connectivity index (χ2v) is 6.96. The van der Waals surface area contributed by atoms with E-state index in [1.165, 1.54) is 37.8 Å². The highest BCUT2D eigenvalue weighted by molar-refractivity contribution is 6.06. The van der Waals surface area contributed by atoms with Gasteiger partial charge in [0.05, 0.1) is 24.8 Å².